The Morgan fingerprint density at radius 3 is 2.77 bits per heavy atom. The van der Waals surface area contributed by atoms with E-state index in [1.807, 2.05) is 38.1 Å². The number of carbonyl (C=O) groups excluding carboxylic acids is 1. The molecule has 0 radical (unpaired) electrons. The van der Waals surface area contributed by atoms with Crippen LogP contribution in [0.5, 0.6) is 0 Å². The Hall–Kier alpha value is -2.40. The molecule has 1 amide bonds. The zero-order valence-corrected chi connectivity index (χ0v) is 18.8. The molecule has 158 valence electrons. The van der Waals surface area contributed by atoms with E-state index in [0.29, 0.717) is 29.5 Å². The van der Waals surface area contributed by atoms with E-state index in [-0.39, 0.29) is 11.9 Å². The number of fused-ring (bicyclic) bond motifs is 1. The summed E-state index contributed by atoms with van der Waals surface area (Å²) in [6, 6.07) is 8.05. The van der Waals surface area contributed by atoms with Gasteiger partial charge in [-0.25, -0.2) is 9.50 Å². The maximum Gasteiger partial charge on any atom is 0.256 e. The number of hydrogen-bond acceptors (Lipinski definition) is 3. The maximum atomic E-state index is 13.1. The van der Waals surface area contributed by atoms with Crippen LogP contribution in [0, 0.1) is 25.7 Å². The van der Waals surface area contributed by atoms with Crippen LogP contribution in [-0.4, -0.2) is 26.5 Å². The van der Waals surface area contributed by atoms with E-state index >= 15 is 0 Å². The molecule has 0 spiro atoms. The number of halogens is 1. The Labute approximate surface area is 182 Å². The van der Waals surface area contributed by atoms with Gasteiger partial charge in [-0.05, 0) is 49.3 Å². The average molecular weight is 425 g/mol. The Morgan fingerprint density at radius 1 is 1.23 bits per heavy atom. The van der Waals surface area contributed by atoms with E-state index in [2.05, 4.69) is 24.3 Å². The molecule has 5 nitrogen and oxygen atoms in total. The molecule has 3 atom stereocenters. The molecule has 1 fully saturated rings. The van der Waals surface area contributed by atoms with E-state index in [4.69, 9.17) is 16.6 Å². The number of amides is 1. The summed E-state index contributed by atoms with van der Waals surface area (Å²) in [6.07, 6.45) is 5.74. The number of benzene rings is 1. The molecule has 30 heavy (non-hydrogen) atoms. The van der Waals surface area contributed by atoms with Crippen molar-refractivity contribution in [1.82, 2.24) is 19.9 Å². The highest BCUT2D eigenvalue weighted by Gasteiger charge is 2.29. The predicted molar refractivity (Wildman–Crippen MR) is 120 cm³/mol. The third-order valence-corrected chi connectivity index (χ3v) is 7.17. The highest BCUT2D eigenvalue weighted by Crippen LogP contribution is 2.30. The fourth-order valence-electron chi connectivity index (χ4n) is 4.59. The van der Waals surface area contributed by atoms with Crippen molar-refractivity contribution in [3.05, 3.63) is 63.6 Å². The molecule has 1 aliphatic carbocycles. The van der Waals surface area contributed by atoms with Crippen LogP contribution in [0.3, 0.4) is 0 Å². The van der Waals surface area contributed by atoms with Gasteiger partial charge >= 0.3 is 0 Å². The standard InChI is InChI=1S/C24H29ClN4O/c1-14-8-7-11-22(15(14)2)28-24(30)20-13-26-29-17(4)19(16(3)27-23(20)29)12-18-9-5-6-10-21(18)25/h5-6,9-10,13-15,22H,7-8,11-12H2,1-4H3,(H,28,30)/t14-,15+,22+/m0/s1. The minimum atomic E-state index is -0.0823. The van der Waals surface area contributed by atoms with Crippen molar-refractivity contribution in [1.29, 1.82) is 0 Å². The Bertz CT molecular complexity index is 1090. The molecule has 4 rings (SSSR count). The van der Waals surface area contributed by atoms with E-state index in [1.165, 1.54) is 6.42 Å². The number of rotatable bonds is 4. The van der Waals surface area contributed by atoms with Gasteiger partial charge in [0.25, 0.3) is 5.91 Å². The number of aromatic nitrogens is 3. The second kappa shape index (κ2) is 8.38. The molecular weight excluding hydrogens is 396 g/mol. The molecule has 0 unspecified atom stereocenters. The Morgan fingerprint density at radius 2 is 2.00 bits per heavy atom. The van der Waals surface area contributed by atoms with Crippen LogP contribution >= 0.6 is 11.6 Å². The normalized spacial score (nSPS) is 21.7. The van der Waals surface area contributed by atoms with Crippen molar-refractivity contribution in [2.75, 3.05) is 0 Å². The van der Waals surface area contributed by atoms with Gasteiger partial charge in [-0.3, -0.25) is 4.79 Å². The first-order chi connectivity index (χ1) is 14.4. The van der Waals surface area contributed by atoms with Crippen LogP contribution in [0.4, 0.5) is 0 Å². The molecule has 1 aliphatic rings. The first-order valence-corrected chi connectivity index (χ1v) is 11.1. The molecule has 0 saturated heterocycles. The van der Waals surface area contributed by atoms with E-state index in [0.717, 1.165) is 40.4 Å². The lowest BCUT2D eigenvalue weighted by molar-refractivity contribution is 0.0892. The van der Waals surface area contributed by atoms with Crippen LogP contribution in [0.2, 0.25) is 5.02 Å². The lowest BCUT2D eigenvalue weighted by Gasteiger charge is -2.34. The Balaban J connectivity index is 1.64. The van der Waals surface area contributed by atoms with Crippen molar-refractivity contribution in [2.45, 2.75) is 59.4 Å². The fourth-order valence-corrected chi connectivity index (χ4v) is 4.79. The third kappa shape index (κ3) is 3.83. The molecule has 1 saturated carbocycles. The molecule has 2 aromatic heterocycles. The average Bonchev–Trinajstić information content (AvgIpc) is 3.14. The first-order valence-electron chi connectivity index (χ1n) is 10.7. The Kier molecular flexibility index (Phi) is 5.83. The van der Waals surface area contributed by atoms with Crippen LogP contribution in [0.25, 0.3) is 5.65 Å². The molecule has 1 N–H and O–H groups in total. The molecule has 0 aliphatic heterocycles. The summed E-state index contributed by atoms with van der Waals surface area (Å²) in [5.41, 5.74) is 5.17. The lowest BCUT2D eigenvalue weighted by Crippen LogP contribution is -2.43. The molecular formula is C24H29ClN4O. The van der Waals surface area contributed by atoms with Crippen molar-refractivity contribution in [2.24, 2.45) is 11.8 Å². The second-order valence-electron chi connectivity index (χ2n) is 8.67. The lowest BCUT2D eigenvalue weighted by atomic mass is 9.78. The predicted octanol–water partition coefficient (Wildman–Crippen LogP) is 5.14. The third-order valence-electron chi connectivity index (χ3n) is 6.80. The van der Waals surface area contributed by atoms with Crippen LogP contribution in [0.1, 0.15) is 66.0 Å². The fraction of sp³-hybridized carbons (Fsp3) is 0.458. The van der Waals surface area contributed by atoms with E-state index in [9.17, 15) is 4.79 Å². The van der Waals surface area contributed by atoms with Gasteiger partial charge in [0, 0.05) is 28.9 Å². The van der Waals surface area contributed by atoms with Crippen molar-refractivity contribution in [3.63, 3.8) is 0 Å². The first kappa shape index (κ1) is 20.9. The van der Waals surface area contributed by atoms with Gasteiger partial charge in [-0.2, -0.15) is 5.10 Å². The highest BCUT2D eigenvalue weighted by atomic mass is 35.5. The van der Waals surface area contributed by atoms with Crippen molar-refractivity contribution >= 4 is 23.2 Å². The van der Waals surface area contributed by atoms with Crippen LogP contribution < -0.4 is 5.32 Å². The quantitative estimate of drug-likeness (QED) is 0.630. The number of aryl methyl sites for hydroxylation is 2. The summed E-state index contributed by atoms with van der Waals surface area (Å²) in [6.45, 7) is 8.51. The molecule has 6 heteroatoms. The number of carbonyl (C=O) groups is 1. The summed E-state index contributed by atoms with van der Waals surface area (Å²) in [5.74, 6) is 1.02. The van der Waals surface area contributed by atoms with Gasteiger partial charge in [0.1, 0.15) is 5.56 Å². The van der Waals surface area contributed by atoms with E-state index in [1.54, 1.807) is 10.7 Å². The summed E-state index contributed by atoms with van der Waals surface area (Å²) in [7, 11) is 0. The highest BCUT2D eigenvalue weighted by molar-refractivity contribution is 6.31. The topological polar surface area (TPSA) is 59.3 Å². The monoisotopic (exact) mass is 424 g/mol. The summed E-state index contributed by atoms with van der Waals surface area (Å²) < 4.78 is 1.78. The van der Waals surface area contributed by atoms with Crippen molar-refractivity contribution < 1.29 is 4.79 Å². The van der Waals surface area contributed by atoms with Gasteiger partial charge in [0.05, 0.1) is 6.20 Å². The van der Waals surface area contributed by atoms with Gasteiger partial charge in [0.2, 0.25) is 0 Å². The molecule has 3 aromatic rings. The second-order valence-corrected chi connectivity index (χ2v) is 9.08. The zero-order valence-electron chi connectivity index (χ0n) is 18.1. The van der Waals surface area contributed by atoms with Crippen LogP contribution in [-0.2, 0) is 6.42 Å². The number of nitrogens with one attached hydrogen (secondary N) is 1. The van der Waals surface area contributed by atoms with E-state index < -0.39 is 0 Å². The zero-order chi connectivity index (χ0) is 21.4. The van der Waals surface area contributed by atoms with Gasteiger partial charge < -0.3 is 5.32 Å². The summed E-state index contributed by atoms with van der Waals surface area (Å²) in [4.78, 5) is 17.8. The number of hydrogen-bond donors (Lipinski definition) is 1. The van der Waals surface area contributed by atoms with Gasteiger partial charge in [0.15, 0.2) is 5.65 Å². The molecule has 1 aromatic carbocycles. The number of nitrogens with zero attached hydrogens (tertiary/aromatic N) is 3. The molecule has 0 bridgehead atoms. The summed E-state index contributed by atoms with van der Waals surface area (Å²) in [5, 5.41) is 8.48. The summed E-state index contributed by atoms with van der Waals surface area (Å²) >= 11 is 6.36. The molecule has 2 heterocycles. The van der Waals surface area contributed by atoms with Gasteiger partial charge in [-0.15, -0.1) is 0 Å². The largest absolute Gasteiger partial charge is 0.349 e. The minimum Gasteiger partial charge on any atom is -0.349 e. The van der Waals surface area contributed by atoms with Gasteiger partial charge in [-0.1, -0.05) is 56.5 Å². The maximum absolute atomic E-state index is 13.1. The smallest absolute Gasteiger partial charge is 0.256 e. The SMILES string of the molecule is Cc1nc2c(C(=O)N[C@@H]3CCC[C@H](C)[C@H]3C)cnn2c(C)c1Cc1ccccc1Cl. The van der Waals surface area contributed by atoms with Crippen molar-refractivity contribution in [3.8, 4) is 0 Å². The minimum absolute atomic E-state index is 0.0823. The van der Waals surface area contributed by atoms with Crippen LogP contribution in [0.15, 0.2) is 30.5 Å².